The molecule has 0 radical (unpaired) electrons. The molecule has 20 heavy (non-hydrogen) atoms. The number of hydrogen-bond donors (Lipinski definition) is 2. The first-order valence-corrected chi connectivity index (χ1v) is 9.07. The molecule has 1 aromatic rings. The lowest BCUT2D eigenvalue weighted by Gasteiger charge is -2.28. The molecule has 2 rings (SSSR count). The predicted octanol–water partition coefficient (Wildman–Crippen LogP) is 3.36. The summed E-state index contributed by atoms with van der Waals surface area (Å²) in [6, 6.07) is 6.31. The van der Waals surface area contributed by atoms with Crippen LogP contribution in [-0.2, 0) is 10.0 Å². The Balaban J connectivity index is 2.05. The van der Waals surface area contributed by atoms with E-state index in [1.807, 2.05) is 25.1 Å². The van der Waals surface area contributed by atoms with Gasteiger partial charge in [-0.3, -0.25) is 4.72 Å². The van der Waals surface area contributed by atoms with Gasteiger partial charge in [-0.05, 0) is 49.4 Å². The van der Waals surface area contributed by atoms with Gasteiger partial charge in [0.25, 0.3) is 0 Å². The van der Waals surface area contributed by atoms with E-state index in [1.54, 1.807) is 0 Å². The van der Waals surface area contributed by atoms with Crippen molar-refractivity contribution >= 4 is 21.4 Å². The van der Waals surface area contributed by atoms with Crippen molar-refractivity contribution in [3.63, 3.8) is 0 Å². The van der Waals surface area contributed by atoms with E-state index < -0.39 is 10.0 Å². The van der Waals surface area contributed by atoms with Crippen LogP contribution in [0.25, 0.3) is 0 Å². The molecule has 2 N–H and O–H groups in total. The molecule has 1 aromatic carbocycles. The van der Waals surface area contributed by atoms with Gasteiger partial charge >= 0.3 is 0 Å². The van der Waals surface area contributed by atoms with Crippen molar-refractivity contribution in [1.29, 1.82) is 0 Å². The summed E-state index contributed by atoms with van der Waals surface area (Å²) in [5.41, 5.74) is 2.65. The summed E-state index contributed by atoms with van der Waals surface area (Å²) in [7, 11) is -3.22. The number of rotatable bonds is 4. The molecule has 1 aliphatic carbocycles. The Kier molecular flexibility index (Phi) is 4.58. The molecule has 0 aromatic heterocycles. The third-order valence-corrected chi connectivity index (χ3v) is 4.42. The molecule has 1 fully saturated rings. The Morgan fingerprint density at radius 2 is 2.00 bits per heavy atom. The van der Waals surface area contributed by atoms with Crippen LogP contribution >= 0.6 is 0 Å². The van der Waals surface area contributed by atoms with Crippen LogP contribution in [0.4, 0.5) is 11.4 Å². The zero-order valence-corrected chi connectivity index (χ0v) is 13.3. The summed E-state index contributed by atoms with van der Waals surface area (Å²) in [5.74, 6) is 0.786. The van der Waals surface area contributed by atoms with Crippen LogP contribution in [0.1, 0.15) is 38.2 Å². The maximum Gasteiger partial charge on any atom is 0.229 e. The summed E-state index contributed by atoms with van der Waals surface area (Å²) in [6.07, 6.45) is 6.21. The minimum absolute atomic E-state index is 0.534. The molecule has 0 bridgehead atoms. The first-order valence-electron chi connectivity index (χ1n) is 7.18. The maximum absolute atomic E-state index is 11.3. The summed E-state index contributed by atoms with van der Waals surface area (Å²) in [5, 5.41) is 3.56. The quantitative estimate of drug-likeness (QED) is 0.895. The molecule has 5 heteroatoms. The predicted molar refractivity (Wildman–Crippen MR) is 84.7 cm³/mol. The smallest absolute Gasteiger partial charge is 0.229 e. The van der Waals surface area contributed by atoms with E-state index in [0.29, 0.717) is 11.7 Å². The van der Waals surface area contributed by atoms with E-state index in [1.165, 1.54) is 31.9 Å². The average Bonchev–Trinajstić information content (AvgIpc) is 2.31. The van der Waals surface area contributed by atoms with Crippen molar-refractivity contribution in [3.05, 3.63) is 23.8 Å². The molecule has 0 saturated heterocycles. The highest BCUT2D eigenvalue weighted by atomic mass is 32.2. The Morgan fingerprint density at radius 3 is 2.60 bits per heavy atom. The zero-order valence-electron chi connectivity index (χ0n) is 12.4. The van der Waals surface area contributed by atoms with Crippen molar-refractivity contribution in [2.45, 2.75) is 45.6 Å². The van der Waals surface area contributed by atoms with E-state index in [0.717, 1.165) is 17.2 Å². The summed E-state index contributed by atoms with van der Waals surface area (Å²) < 4.78 is 25.1. The summed E-state index contributed by atoms with van der Waals surface area (Å²) in [6.45, 7) is 4.22. The lowest BCUT2D eigenvalue weighted by atomic mass is 9.87. The summed E-state index contributed by atoms with van der Waals surface area (Å²) in [4.78, 5) is 0. The van der Waals surface area contributed by atoms with E-state index in [-0.39, 0.29) is 0 Å². The number of aryl methyl sites for hydroxylation is 1. The van der Waals surface area contributed by atoms with Gasteiger partial charge in [-0.25, -0.2) is 8.42 Å². The van der Waals surface area contributed by atoms with Crippen LogP contribution in [0.2, 0.25) is 0 Å². The van der Waals surface area contributed by atoms with E-state index in [9.17, 15) is 8.42 Å². The Bertz CT molecular complexity index is 569. The van der Waals surface area contributed by atoms with Gasteiger partial charge in [0.15, 0.2) is 0 Å². The fourth-order valence-electron chi connectivity index (χ4n) is 2.87. The molecule has 0 amide bonds. The van der Waals surface area contributed by atoms with Gasteiger partial charge in [-0.15, -0.1) is 0 Å². The molecule has 1 aliphatic rings. The molecule has 112 valence electrons. The number of nitrogens with one attached hydrogen (secondary N) is 2. The molecule has 0 spiro atoms. The number of anilines is 2. The zero-order chi connectivity index (χ0) is 14.8. The molecular weight excluding hydrogens is 272 g/mol. The third kappa shape index (κ3) is 4.40. The fraction of sp³-hybridized carbons (Fsp3) is 0.600. The van der Waals surface area contributed by atoms with Gasteiger partial charge in [0.1, 0.15) is 0 Å². The second-order valence-corrected chi connectivity index (χ2v) is 7.77. The van der Waals surface area contributed by atoms with E-state index in [2.05, 4.69) is 17.0 Å². The average molecular weight is 296 g/mol. The standard InChI is InChI=1S/C15H24N2O2S/c1-11-5-4-6-13(9-11)16-14-7-8-15(12(2)10-14)17-20(3,18)19/h7-8,10-11,13,16-17H,4-6,9H2,1-3H3. The Hall–Kier alpha value is -1.23. The molecule has 2 atom stereocenters. The van der Waals surface area contributed by atoms with E-state index in [4.69, 9.17) is 0 Å². The molecule has 0 aliphatic heterocycles. The second kappa shape index (κ2) is 6.04. The topological polar surface area (TPSA) is 58.2 Å². The number of hydrogen-bond acceptors (Lipinski definition) is 3. The third-order valence-electron chi connectivity index (χ3n) is 3.83. The minimum atomic E-state index is -3.22. The van der Waals surface area contributed by atoms with Gasteiger partial charge in [0, 0.05) is 11.7 Å². The van der Waals surface area contributed by atoms with Gasteiger partial charge in [0.05, 0.1) is 11.9 Å². The minimum Gasteiger partial charge on any atom is -0.382 e. The molecule has 0 heterocycles. The number of sulfonamides is 1. The SMILES string of the molecule is Cc1cc(NC2CCCC(C)C2)ccc1NS(C)(=O)=O. The second-order valence-electron chi connectivity index (χ2n) is 6.02. The Morgan fingerprint density at radius 1 is 1.25 bits per heavy atom. The largest absolute Gasteiger partial charge is 0.382 e. The maximum atomic E-state index is 11.3. The first-order chi connectivity index (χ1) is 9.33. The van der Waals surface area contributed by atoms with Crippen molar-refractivity contribution in [3.8, 4) is 0 Å². The molecular formula is C15H24N2O2S. The van der Waals surface area contributed by atoms with Crippen LogP contribution in [0.5, 0.6) is 0 Å². The van der Waals surface area contributed by atoms with E-state index >= 15 is 0 Å². The van der Waals surface area contributed by atoms with Crippen LogP contribution in [0.3, 0.4) is 0 Å². The lowest BCUT2D eigenvalue weighted by molar-refractivity contribution is 0.358. The molecule has 1 saturated carbocycles. The lowest BCUT2D eigenvalue weighted by Crippen LogP contribution is -2.26. The monoisotopic (exact) mass is 296 g/mol. The highest BCUT2D eigenvalue weighted by Crippen LogP contribution is 2.27. The van der Waals surface area contributed by atoms with Crippen LogP contribution in [0.15, 0.2) is 18.2 Å². The highest BCUT2D eigenvalue weighted by Gasteiger charge is 2.18. The van der Waals surface area contributed by atoms with Crippen molar-refractivity contribution in [2.75, 3.05) is 16.3 Å². The summed E-state index contributed by atoms with van der Waals surface area (Å²) >= 11 is 0. The van der Waals surface area contributed by atoms with Crippen molar-refractivity contribution in [2.24, 2.45) is 5.92 Å². The molecule has 2 unspecified atom stereocenters. The first kappa shape index (κ1) is 15.2. The van der Waals surface area contributed by atoms with Crippen LogP contribution in [-0.4, -0.2) is 20.7 Å². The van der Waals surface area contributed by atoms with Gasteiger partial charge in [-0.1, -0.05) is 19.8 Å². The van der Waals surface area contributed by atoms with Crippen LogP contribution < -0.4 is 10.0 Å². The Labute approximate surface area is 122 Å². The van der Waals surface area contributed by atoms with Gasteiger partial charge in [-0.2, -0.15) is 0 Å². The fourth-order valence-corrected chi connectivity index (χ4v) is 3.50. The van der Waals surface area contributed by atoms with Gasteiger partial charge < -0.3 is 5.32 Å². The van der Waals surface area contributed by atoms with Gasteiger partial charge in [0.2, 0.25) is 10.0 Å². The molecule has 4 nitrogen and oxygen atoms in total. The normalized spacial score (nSPS) is 23.4. The number of benzene rings is 1. The van der Waals surface area contributed by atoms with Crippen molar-refractivity contribution in [1.82, 2.24) is 0 Å². The van der Waals surface area contributed by atoms with Crippen LogP contribution in [0, 0.1) is 12.8 Å². The van der Waals surface area contributed by atoms with Crippen molar-refractivity contribution < 1.29 is 8.42 Å². The highest BCUT2D eigenvalue weighted by molar-refractivity contribution is 7.92.